The van der Waals surface area contributed by atoms with Crippen LogP contribution in [-0.4, -0.2) is 28.5 Å². The molecule has 0 bridgehead atoms. The smallest absolute Gasteiger partial charge is 0.231 e. The van der Waals surface area contributed by atoms with Gasteiger partial charge in [-0.15, -0.1) is 23.2 Å². The zero-order valence-electron chi connectivity index (χ0n) is 20.7. The lowest BCUT2D eigenvalue weighted by atomic mass is 9.98. The predicted molar refractivity (Wildman–Crippen MR) is 159 cm³/mol. The zero-order chi connectivity index (χ0) is 28.5. The van der Waals surface area contributed by atoms with Gasteiger partial charge in [-0.2, -0.15) is 0 Å². The summed E-state index contributed by atoms with van der Waals surface area (Å²) in [6, 6.07) is 15.2. The number of anilines is 2. The van der Waals surface area contributed by atoms with E-state index in [1.54, 1.807) is 30.3 Å². The van der Waals surface area contributed by atoms with E-state index in [0.29, 0.717) is 27.8 Å². The molecular formula is C28H24Cl5N3O3. The summed E-state index contributed by atoms with van der Waals surface area (Å²) >= 11 is 31.5. The molecule has 1 aliphatic carbocycles. The molecule has 6 nitrogen and oxygen atoms in total. The number of amides is 2. The van der Waals surface area contributed by atoms with Gasteiger partial charge in [0, 0.05) is 52.3 Å². The molecule has 4 N–H and O–H groups in total. The second-order valence-electron chi connectivity index (χ2n) is 9.40. The third kappa shape index (κ3) is 7.00. The Bertz CT molecular complexity index is 1440. The number of hydrogen-bond donors (Lipinski definition) is 3. The molecule has 0 spiro atoms. The molecule has 204 valence electrons. The van der Waals surface area contributed by atoms with Crippen molar-refractivity contribution in [3.63, 3.8) is 0 Å². The van der Waals surface area contributed by atoms with Crippen LogP contribution in [0.25, 0.3) is 0 Å². The quantitative estimate of drug-likeness (QED) is 0.164. The van der Waals surface area contributed by atoms with Crippen LogP contribution in [-0.2, 0) is 16.0 Å². The molecule has 0 aromatic heterocycles. The molecule has 0 heterocycles. The van der Waals surface area contributed by atoms with Crippen LogP contribution in [0.15, 0.2) is 54.6 Å². The molecular weight excluding hydrogens is 604 g/mol. The van der Waals surface area contributed by atoms with E-state index in [1.165, 1.54) is 6.07 Å². The van der Waals surface area contributed by atoms with Gasteiger partial charge in [-0.25, -0.2) is 0 Å². The highest BCUT2D eigenvalue weighted by molar-refractivity contribution is 6.53. The first-order valence-corrected chi connectivity index (χ1v) is 13.8. The number of nitrogens with one attached hydrogen (secondary N) is 2. The first-order chi connectivity index (χ1) is 18.4. The van der Waals surface area contributed by atoms with Gasteiger partial charge < -0.3 is 16.4 Å². The molecule has 2 atom stereocenters. The average Bonchev–Trinajstić information content (AvgIpc) is 3.43. The van der Waals surface area contributed by atoms with Gasteiger partial charge in [-0.1, -0.05) is 40.9 Å². The maximum Gasteiger partial charge on any atom is 0.231 e. The number of alkyl halides is 2. The van der Waals surface area contributed by atoms with Crippen molar-refractivity contribution in [1.29, 1.82) is 0 Å². The number of ketones is 1. The average molecular weight is 628 g/mol. The summed E-state index contributed by atoms with van der Waals surface area (Å²) < 4.78 is -1.33. The molecule has 1 aliphatic rings. The fourth-order valence-electron chi connectivity index (χ4n) is 4.46. The Hall–Kier alpha value is -2.48. The van der Waals surface area contributed by atoms with E-state index in [0.717, 1.165) is 16.8 Å². The van der Waals surface area contributed by atoms with E-state index in [1.807, 2.05) is 25.1 Å². The van der Waals surface area contributed by atoms with Crippen LogP contribution in [0.5, 0.6) is 0 Å². The number of nitrogens with two attached hydrogens (primary N) is 1. The number of primary amides is 1. The molecule has 39 heavy (non-hydrogen) atoms. The largest absolute Gasteiger partial charge is 0.385 e. The van der Waals surface area contributed by atoms with Crippen molar-refractivity contribution < 1.29 is 14.4 Å². The maximum atomic E-state index is 13.2. The minimum Gasteiger partial charge on any atom is -0.385 e. The van der Waals surface area contributed by atoms with E-state index >= 15 is 0 Å². The fraction of sp³-hybridized carbons (Fsp3) is 0.250. The van der Waals surface area contributed by atoms with Crippen LogP contribution in [0.4, 0.5) is 11.4 Å². The monoisotopic (exact) mass is 625 g/mol. The number of aryl methyl sites for hydroxylation is 1. The summed E-state index contributed by atoms with van der Waals surface area (Å²) in [5.41, 5.74) is 9.03. The van der Waals surface area contributed by atoms with Gasteiger partial charge in [0.05, 0.1) is 10.9 Å². The molecule has 3 aromatic carbocycles. The molecule has 4 rings (SSSR count). The summed E-state index contributed by atoms with van der Waals surface area (Å²) in [7, 11) is 0. The van der Waals surface area contributed by atoms with Crippen molar-refractivity contribution in [2.45, 2.75) is 30.0 Å². The second kappa shape index (κ2) is 11.9. The van der Waals surface area contributed by atoms with Crippen LogP contribution in [0.3, 0.4) is 0 Å². The lowest BCUT2D eigenvalue weighted by molar-refractivity contribution is -0.118. The number of carbonyl (C=O) groups is 3. The molecule has 11 heteroatoms. The third-order valence-corrected chi connectivity index (χ3v) is 8.21. The van der Waals surface area contributed by atoms with Crippen LogP contribution in [0.1, 0.15) is 39.4 Å². The molecule has 0 radical (unpaired) electrons. The fourth-order valence-corrected chi connectivity index (χ4v) is 6.06. The van der Waals surface area contributed by atoms with Gasteiger partial charge in [0.2, 0.25) is 11.8 Å². The third-order valence-electron chi connectivity index (χ3n) is 6.51. The van der Waals surface area contributed by atoms with Crippen LogP contribution in [0, 0.1) is 12.8 Å². The maximum absolute atomic E-state index is 13.2. The van der Waals surface area contributed by atoms with Crippen molar-refractivity contribution in [2.24, 2.45) is 11.7 Å². The molecule has 1 saturated carbocycles. The topological polar surface area (TPSA) is 101 Å². The summed E-state index contributed by atoms with van der Waals surface area (Å²) in [5.74, 6) is -2.25. The van der Waals surface area contributed by atoms with Crippen molar-refractivity contribution in [3.8, 4) is 0 Å². The number of Topliss-reactive ketones (excluding diaryl/α,β-unsaturated/α-hetero) is 1. The molecule has 3 aromatic rings. The van der Waals surface area contributed by atoms with Crippen LogP contribution < -0.4 is 16.4 Å². The molecule has 0 saturated heterocycles. The number of carbonyl (C=O) groups excluding carboxylic acids is 3. The van der Waals surface area contributed by atoms with Gasteiger partial charge in [-0.3, -0.25) is 14.4 Å². The Kier molecular flexibility index (Phi) is 9.04. The predicted octanol–water partition coefficient (Wildman–Crippen LogP) is 7.19. The van der Waals surface area contributed by atoms with Crippen molar-refractivity contribution in [2.75, 3.05) is 17.2 Å². The number of rotatable bonds is 10. The molecule has 1 fully saturated rings. The standard InChI is InChI=1S/C28H24Cl5N3O3/c1-14-8-19(35-7-6-24(34)38)3-2-15(14)11-23(37)21-13-20(4-5-22(21)31)36-27(39)26-25(28(26,32)33)16-9-17(29)12-18(30)10-16/h2-5,8-10,12-13,25-26,35H,6-7,11H2,1H3,(H2,34,38)(H,36,39). The van der Waals surface area contributed by atoms with E-state index in [4.69, 9.17) is 63.7 Å². The minimum atomic E-state index is -1.33. The number of hydrogen-bond acceptors (Lipinski definition) is 4. The highest BCUT2D eigenvalue weighted by Gasteiger charge is 2.67. The Morgan fingerprint density at radius 2 is 1.59 bits per heavy atom. The van der Waals surface area contributed by atoms with Crippen molar-refractivity contribution in [1.82, 2.24) is 0 Å². The van der Waals surface area contributed by atoms with Crippen LogP contribution >= 0.6 is 58.0 Å². The molecule has 2 unspecified atom stereocenters. The van der Waals surface area contributed by atoms with E-state index in [2.05, 4.69) is 10.6 Å². The zero-order valence-corrected chi connectivity index (χ0v) is 24.4. The Morgan fingerprint density at radius 3 is 2.23 bits per heavy atom. The molecule has 2 amide bonds. The number of benzene rings is 3. The van der Waals surface area contributed by atoms with Crippen molar-refractivity contribution >= 4 is 87.0 Å². The highest BCUT2D eigenvalue weighted by Crippen LogP contribution is 2.65. The van der Waals surface area contributed by atoms with Gasteiger partial charge >= 0.3 is 0 Å². The van der Waals surface area contributed by atoms with Gasteiger partial charge in [0.1, 0.15) is 4.33 Å². The van der Waals surface area contributed by atoms with Crippen LogP contribution in [0.2, 0.25) is 15.1 Å². The van der Waals surface area contributed by atoms with E-state index in [-0.39, 0.29) is 35.1 Å². The minimum absolute atomic E-state index is 0.108. The Labute approximate surface area is 251 Å². The number of halogens is 5. The lowest BCUT2D eigenvalue weighted by Crippen LogP contribution is -2.17. The summed E-state index contributed by atoms with van der Waals surface area (Å²) in [6.07, 6.45) is 0.328. The van der Waals surface area contributed by atoms with Gasteiger partial charge in [0.15, 0.2) is 5.78 Å². The second-order valence-corrected chi connectivity index (χ2v) is 12.1. The molecule has 0 aliphatic heterocycles. The normalized spacial score (nSPS) is 17.4. The Morgan fingerprint density at radius 1 is 0.923 bits per heavy atom. The first kappa shape index (κ1) is 29.5. The Balaban J connectivity index is 1.45. The summed E-state index contributed by atoms with van der Waals surface area (Å²) in [6.45, 7) is 2.31. The highest BCUT2D eigenvalue weighted by atomic mass is 35.5. The lowest BCUT2D eigenvalue weighted by Gasteiger charge is -2.12. The van der Waals surface area contributed by atoms with E-state index < -0.39 is 22.1 Å². The first-order valence-electron chi connectivity index (χ1n) is 12.0. The van der Waals surface area contributed by atoms with Gasteiger partial charge in [0.25, 0.3) is 0 Å². The van der Waals surface area contributed by atoms with Gasteiger partial charge in [-0.05, 0) is 72.1 Å². The summed E-state index contributed by atoms with van der Waals surface area (Å²) in [4.78, 5) is 37.2. The summed E-state index contributed by atoms with van der Waals surface area (Å²) in [5, 5.41) is 7.01. The van der Waals surface area contributed by atoms with E-state index in [9.17, 15) is 14.4 Å². The van der Waals surface area contributed by atoms with Crippen molar-refractivity contribution in [3.05, 3.63) is 91.9 Å². The SMILES string of the molecule is Cc1cc(NCCC(N)=O)ccc1CC(=O)c1cc(NC(=O)C2C(c3cc(Cl)cc(Cl)c3)C2(Cl)Cl)ccc1Cl.